The maximum atomic E-state index is 12.4. The SMILES string of the molecule is CCN1c2ncccc2C(=O)Nc2c(CO)cc(OC)nc21. The normalized spacial score (nSPS) is 13.0. The molecule has 1 amide bonds. The average Bonchev–Trinajstić information content (AvgIpc) is 2.68. The van der Waals surface area contributed by atoms with Crippen molar-refractivity contribution in [1.82, 2.24) is 9.97 Å². The van der Waals surface area contributed by atoms with Gasteiger partial charge in [0, 0.05) is 24.4 Å². The van der Waals surface area contributed by atoms with E-state index in [0.717, 1.165) is 0 Å². The van der Waals surface area contributed by atoms with Gasteiger partial charge < -0.3 is 20.1 Å². The van der Waals surface area contributed by atoms with Gasteiger partial charge in [0.05, 0.1) is 25.0 Å². The van der Waals surface area contributed by atoms with Gasteiger partial charge in [0.2, 0.25) is 5.88 Å². The minimum absolute atomic E-state index is 0.233. The Morgan fingerprint density at radius 1 is 1.41 bits per heavy atom. The molecular weight excluding hydrogens is 284 g/mol. The molecule has 7 nitrogen and oxygen atoms in total. The number of nitrogens with zero attached hydrogens (tertiary/aromatic N) is 3. The number of rotatable bonds is 3. The summed E-state index contributed by atoms with van der Waals surface area (Å²) in [5, 5.41) is 12.4. The highest BCUT2D eigenvalue weighted by atomic mass is 16.5. The zero-order chi connectivity index (χ0) is 15.7. The predicted octanol–water partition coefficient (Wildman–Crippen LogP) is 1.70. The van der Waals surface area contributed by atoms with Crippen LogP contribution >= 0.6 is 0 Å². The molecule has 3 heterocycles. The molecule has 0 saturated heterocycles. The maximum Gasteiger partial charge on any atom is 0.259 e. The van der Waals surface area contributed by atoms with Crippen molar-refractivity contribution in [2.45, 2.75) is 13.5 Å². The van der Waals surface area contributed by atoms with Gasteiger partial charge in [0.15, 0.2) is 5.82 Å². The second kappa shape index (κ2) is 5.61. The average molecular weight is 300 g/mol. The molecule has 0 saturated carbocycles. The number of nitrogens with one attached hydrogen (secondary N) is 1. The van der Waals surface area contributed by atoms with Crippen LogP contribution in [0.5, 0.6) is 5.88 Å². The van der Waals surface area contributed by atoms with Crippen molar-refractivity contribution in [3.05, 3.63) is 35.5 Å². The third kappa shape index (κ3) is 2.15. The molecule has 2 aromatic heterocycles. The van der Waals surface area contributed by atoms with Gasteiger partial charge in [0.25, 0.3) is 5.91 Å². The molecule has 0 atom stereocenters. The van der Waals surface area contributed by atoms with Crippen LogP contribution in [-0.2, 0) is 6.61 Å². The summed E-state index contributed by atoms with van der Waals surface area (Å²) in [4.78, 5) is 23.0. The number of aromatic nitrogens is 2. The Kier molecular flexibility index (Phi) is 3.64. The number of aliphatic hydroxyl groups is 1. The van der Waals surface area contributed by atoms with Gasteiger partial charge in [-0.2, -0.15) is 4.98 Å². The number of pyridine rings is 2. The number of methoxy groups -OCH3 is 1. The highest BCUT2D eigenvalue weighted by molar-refractivity contribution is 6.11. The Bertz CT molecular complexity index is 733. The minimum atomic E-state index is -0.276. The van der Waals surface area contributed by atoms with Crippen LogP contribution in [0.1, 0.15) is 22.8 Å². The standard InChI is InChI=1S/C15H16N4O3/c1-3-19-13-10(5-4-6-16-13)15(21)18-12-9(8-20)7-11(22-2)17-14(12)19/h4-7,20H,3,8H2,1-2H3,(H,18,21). The number of carbonyl (C=O) groups excluding carboxylic acids is 1. The second-order valence-corrected chi connectivity index (χ2v) is 4.75. The third-order valence-electron chi connectivity index (χ3n) is 3.54. The van der Waals surface area contributed by atoms with Crippen molar-refractivity contribution in [2.75, 3.05) is 23.9 Å². The Balaban J connectivity index is 2.29. The van der Waals surface area contributed by atoms with E-state index in [1.54, 1.807) is 24.4 Å². The van der Waals surface area contributed by atoms with E-state index in [-0.39, 0.29) is 12.5 Å². The summed E-state index contributed by atoms with van der Waals surface area (Å²) < 4.78 is 5.19. The van der Waals surface area contributed by atoms with Crippen molar-refractivity contribution in [3.63, 3.8) is 0 Å². The van der Waals surface area contributed by atoms with Gasteiger partial charge in [-0.25, -0.2) is 4.98 Å². The molecule has 0 fully saturated rings. The topological polar surface area (TPSA) is 87.6 Å². The van der Waals surface area contributed by atoms with E-state index in [1.807, 2.05) is 11.8 Å². The van der Waals surface area contributed by atoms with E-state index in [0.29, 0.717) is 40.9 Å². The number of hydrogen-bond acceptors (Lipinski definition) is 6. The largest absolute Gasteiger partial charge is 0.481 e. The molecule has 0 bridgehead atoms. The lowest BCUT2D eigenvalue weighted by Crippen LogP contribution is -2.20. The van der Waals surface area contributed by atoms with Crippen LogP contribution in [0.4, 0.5) is 17.3 Å². The monoisotopic (exact) mass is 300 g/mol. The molecule has 0 radical (unpaired) electrons. The number of aliphatic hydroxyl groups excluding tert-OH is 1. The van der Waals surface area contributed by atoms with E-state index in [9.17, 15) is 9.90 Å². The Labute approximate surface area is 127 Å². The van der Waals surface area contributed by atoms with Gasteiger partial charge in [-0.05, 0) is 19.1 Å². The molecule has 1 aliphatic rings. The van der Waals surface area contributed by atoms with Crippen LogP contribution in [0.25, 0.3) is 0 Å². The number of amides is 1. The Morgan fingerprint density at radius 3 is 2.91 bits per heavy atom. The molecule has 0 aliphatic carbocycles. The van der Waals surface area contributed by atoms with E-state index < -0.39 is 0 Å². The molecule has 2 N–H and O–H groups in total. The summed E-state index contributed by atoms with van der Waals surface area (Å²) in [6, 6.07) is 5.03. The fourth-order valence-electron chi connectivity index (χ4n) is 2.49. The number of anilines is 3. The highest BCUT2D eigenvalue weighted by Crippen LogP contribution is 2.38. The van der Waals surface area contributed by atoms with Crippen molar-refractivity contribution in [3.8, 4) is 5.88 Å². The highest BCUT2D eigenvalue weighted by Gasteiger charge is 2.28. The van der Waals surface area contributed by atoms with Gasteiger partial charge in [-0.1, -0.05) is 0 Å². The first kappa shape index (κ1) is 14.3. The smallest absolute Gasteiger partial charge is 0.259 e. The Hall–Kier alpha value is -2.67. The summed E-state index contributed by atoms with van der Waals surface area (Å²) >= 11 is 0. The van der Waals surface area contributed by atoms with E-state index in [2.05, 4.69) is 15.3 Å². The number of fused-ring (bicyclic) bond motifs is 2. The molecule has 22 heavy (non-hydrogen) atoms. The van der Waals surface area contributed by atoms with Gasteiger partial charge in [-0.15, -0.1) is 0 Å². The summed E-state index contributed by atoms with van der Waals surface area (Å²) in [7, 11) is 1.51. The van der Waals surface area contributed by atoms with Crippen LogP contribution in [0.2, 0.25) is 0 Å². The summed E-state index contributed by atoms with van der Waals surface area (Å²) in [5.41, 5.74) is 1.49. The lowest BCUT2D eigenvalue weighted by atomic mass is 10.2. The molecule has 0 unspecified atom stereocenters. The lowest BCUT2D eigenvalue weighted by molar-refractivity contribution is 0.102. The minimum Gasteiger partial charge on any atom is -0.481 e. The summed E-state index contributed by atoms with van der Waals surface area (Å²) in [5.74, 6) is 1.14. The first-order chi connectivity index (χ1) is 10.7. The van der Waals surface area contributed by atoms with E-state index in [4.69, 9.17) is 4.74 Å². The second-order valence-electron chi connectivity index (χ2n) is 4.75. The van der Waals surface area contributed by atoms with Gasteiger partial charge >= 0.3 is 0 Å². The molecule has 1 aliphatic heterocycles. The Morgan fingerprint density at radius 2 is 2.23 bits per heavy atom. The third-order valence-corrected chi connectivity index (χ3v) is 3.54. The molecule has 0 spiro atoms. The fourth-order valence-corrected chi connectivity index (χ4v) is 2.49. The zero-order valence-electron chi connectivity index (χ0n) is 12.3. The summed E-state index contributed by atoms with van der Waals surface area (Å²) in [6.45, 7) is 2.28. The van der Waals surface area contributed by atoms with Crippen molar-refractivity contribution < 1.29 is 14.6 Å². The van der Waals surface area contributed by atoms with Gasteiger partial charge in [0.1, 0.15) is 5.82 Å². The van der Waals surface area contributed by atoms with Crippen LogP contribution in [-0.4, -0.2) is 34.6 Å². The summed E-state index contributed by atoms with van der Waals surface area (Å²) in [6.07, 6.45) is 1.63. The number of hydrogen-bond donors (Lipinski definition) is 2. The predicted molar refractivity (Wildman–Crippen MR) is 81.6 cm³/mol. The first-order valence-electron chi connectivity index (χ1n) is 6.92. The molecular formula is C15H16N4O3. The number of ether oxygens (including phenoxy) is 1. The quantitative estimate of drug-likeness (QED) is 0.897. The van der Waals surface area contributed by atoms with Gasteiger partial charge in [-0.3, -0.25) is 4.79 Å². The molecule has 3 rings (SSSR count). The number of carbonyl (C=O) groups is 1. The first-order valence-corrected chi connectivity index (χ1v) is 6.92. The van der Waals surface area contributed by atoms with Crippen LogP contribution in [0.3, 0.4) is 0 Å². The van der Waals surface area contributed by atoms with E-state index in [1.165, 1.54) is 7.11 Å². The maximum absolute atomic E-state index is 12.4. The molecule has 2 aromatic rings. The molecule has 114 valence electrons. The van der Waals surface area contributed by atoms with Crippen molar-refractivity contribution >= 4 is 23.2 Å². The van der Waals surface area contributed by atoms with E-state index >= 15 is 0 Å². The molecule has 7 heteroatoms. The van der Waals surface area contributed by atoms with Crippen LogP contribution in [0, 0.1) is 0 Å². The zero-order valence-corrected chi connectivity index (χ0v) is 12.3. The fraction of sp³-hybridized carbons (Fsp3) is 0.267. The van der Waals surface area contributed by atoms with Crippen LogP contribution < -0.4 is 15.0 Å². The van der Waals surface area contributed by atoms with Crippen molar-refractivity contribution in [1.29, 1.82) is 0 Å². The lowest BCUT2D eigenvalue weighted by Gasteiger charge is -2.23. The molecule has 0 aromatic carbocycles. The van der Waals surface area contributed by atoms with Crippen LogP contribution in [0.15, 0.2) is 24.4 Å². The van der Waals surface area contributed by atoms with Crippen molar-refractivity contribution in [2.24, 2.45) is 0 Å².